The highest BCUT2D eigenvalue weighted by atomic mass is 16.4. The fraction of sp³-hybridized carbons (Fsp3) is 0.357. The number of hydrogen-bond acceptors (Lipinski definition) is 3. The molecule has 18 heavy (non-hydrogen) atoms. The summed E-state index contributed by atoms with van der Waals surface area (Å²) in [7, 11) is 0. The van der Waals surface area contributed by atoms with Gasteiger partial charge in [0.15, 0.2) is 0 Å². The Morgan fingerprint density at radius 2 is 2.11 bits per heavy atom. The fourth-order valence-corrected chi connectivity index (χ4v) is 2.08. The number of aliphatic carboxylic acids is 1. The standard InChI is InChI=1S/C14H15NO3/c16-12-9-13(14(17)18)15(10-12)8-4-7-11-5-2-1-3-6-11/h1-3,5-6,12-13,16H,8-10H2,(H,17,18). The van der Waals surface area contributed by atoms with Gasteiger partial charge in [0.1, 0.15) is 6.04 Å². The Kier molecular flexibility index (Phi) is 3.98. The Labute approximate surface area is 106 Å². The minimum Gasteiger partial charge on any atom is -0.480 e. The third-order valence-corrected chi connectivity index (χ3v) is 2.96. The topological polar surface area (TPSA) is 60.8 Å². The van der Waals surface area contributed by atoms with Crippen LogP contribution in [0.3, 0.4) is 0 Å². The van der Waals surface area contributed by atoms with E-state index in [2.05, 4.69) is 11.8 Å². The molecule has 0 aliphatic carbocycles. The molecule has 2 N–H and O–H groups in total. The minimum absolute atomic E-state index is 0.280. The lowest BCUT2D eigenvalue weighted by Crippen LogP contribution is -2.36. The summed E-state index contributed by atoms with van der Waals surface area (Å²) in [5.74, 6) is 5.03. The monoisotopic (exact) mass is 245 g/mol. The number of carboxylic acids is 1. The molecule has 1 aliphatic rings. The summed E-state index contributed by atoms with van der Waals surface area (Å²) in [6.45, 7) is 0.739. The van der Waals surface area contributed by atoms with Crippen LogP contribution < -0.4 is 0 Å². The van der Waals surface area contributed by atoms with Crippen LogP contribution in [0.4, 0.5) is 0 Å². The average Bonchev–Trinajstić information content (AvgIpc) is 2.72. The number of aliphatic hydroxyl groups excluding tert-OH is 1. The first-order valence-corrected chi connectivity index (χ1v) is 5.85. The lowest BCUT2D eigenvalue weighted by molar-refractivity contribution is -0.141. The number of carbonyl (C=O) groups is 1. The molecular formula is C14H15NO3. The largest absolute Gasteiger partial charge is 0.480 e. The van der Waals surface area contributed by atoms with Crippen LogP contribution in [0.25, 0.3) is 0 Å². The molecule has 1 heterocycles. The third kappa shape index (κ3) is 3.10. The molecule has 0 spiro atoms. The van der Waals surface area contributed by atoms with E-state index in [0.717, 1.165) is 5.56 Å². The van der Waals surface area contributed by atoms with Crippen molar-refractivity contribution >= 4 is 5.97 Å². The summed E-state index contributed by atoms with van der Waals surface area (Å²) >= 11 is 0. The van der Waals surface area contributed by atoms with Crippen LogP contribution in [-0.2, 0) is 4.79 Å². The van der Waals surface area contributed by atoms with E-state index in [1.165, 1.54) is 0 Å². The molecule has 0 aromatic heterocycles. The molecule has 0 saturated carbocycles. The van der Waals surface area contributed by atoms with Gasteiger partial charge in [-0.1, -0.05) is 30.0 Å². The molecule has 1 fully saturated rings. The lowest BCUT2D eigenvalue weighted by atomic mass is 10.2. The average molecular weight is 245 g/mol. The highest BCUT2D eigenvalue weighted by Crippen LogP contribution is 2.17. The minimum atomic E-state index is -0.895. The van der Waals surface area contributed by atoms with E-state index in [9.17, 15) is 9.90 Å². The van der Waals surface area contributed by atoms with Gasteiger partial charge in [0.2, 0.25) is 0 Å². The zero-order chi connectivity index (χ0) is 13.0. The van der Waals surface area contributed by atoms with E-state index in [4.69, 9.17) is 5.11 Å². The van der Waals surface area contributed by atoms with Crippen LogP contribution in [0.1, 0.15) is 12.0 Å². The number of carboxylic acid groups (broad SMARTS) is 1. The highest BCUT2D eigenvalue weighted by molar-refractivity contribution is 5.74. The number of β-amino-alcohol motifs (C(OH)–C–C–N with tert-alkyl or cyclic N) is 1. The van der Waals surface area contributed by atoms with Crippen LogP contribution in [-0.4, -0.2) is 46.3 Å². The summed E-state index contributed by atoms with van der Waals surface area (Å²) in [6.07, 6.45) is -0.285. The molecule has 1 aliphatic heterocycles. The van der Waals surface area contributed by atoms with Gasteiger partial charge >= 0.3 is 5.97 Å². The van der Waals surface area contributed by atoms with Crippen LogP contribution in [0.2, 0.25) is 0 Å². The summed E-state index contributed by atoms with van der Waals surface area (Å²) in [5, 5.41) is 18.5. The first kappa shape index (κ1) is 12.6. The number of likely N-dealkylation sites (tertiary alicyclic amines) is 1. The molecule has 2 unspecified atom stereocenters. The van der Waals surface area contributed by atoms with Crippen molar-refractivity contribution < 1.29 is 15.0 Å². The third-order valence-electron chi connectivity index (χ3n) is 2.96. The molecule has 4 heteroatoms. The predicted molar refractivity (Wildman–Crippen MR) is 66.9 cm³/mol. The smallest absolute Gasteiger partial charge is 0.321 e. The second kappa shape index (κ2) is 5.67. The SMILES string of the molecule is O=C(O)C1CC(O)CN1CC#Cc1ccccc1. The normalized spacial score (nSPS) is 23.4. The Hall–Kier alpha value is -1.83. The molecular weight excluding hydrogens is 230 g/mol. The van der Waals surface area contributed by atoms with Gasteiger partial charge in [-0.15, -0.1) is 0 Å². The van der Waals surface area contributed by atoms with E-state index >= 15 is 0 Å². The molecule has 0 amide bonds. The van der Waals surface area contributed by atoms with Crippen molar-refractivity contribution in [1.82, 2.24) is 4.90 Å². The van der Waals surface area contributed by atoms with Gasteiger partial charge in [0.25, 0.3) is 0 Å². The predicted octanol–water partition coefficient (Wildman–Crippen LogP) is 0.558. The van der Waals surface area contributed by atoms with Gasteiger partial charge in [-0.2, -0.15) is 0 Å². The van der Waals surface area contributed by atoms with E-state index in [1.807, 2.05) is 30.3 Å². The van der Waals surface area contributed by atoms with Crippen LogP contribution >= 0.6 is 0 Å². The Balaban J connectivity index is 1.98. The number of hydrogen-bond donors (Lipinski definition) is 2. The second-order valence-corrected chi connectivity index (χ2v) is 4.34. The van der Waals surface area contributed by atoms with Crippen molar-refractivity contribution in [1.29, 1.82) is 0 Å². The molecule has 4 nitrogen and oxygen atoms in total. The molecule has 1 aromatic carbocycles. The molecule has 94 valence electrons. The van der Waals surface area contributed by atoms with Crippen LogP contribution in [0.5, 0.6) is 0 Å². The van der Waals surface area contributed by atoms with Crippen molar-refractivity contribution in [2.75, 3.05) is 13.1 Å². The van der Waals surface area contributed by atoms with Crippen molar-refractivity contribution in [3.05, 3.63) is 35.9 Å². The fourth-order valence-electron chi connectivity index (χ4n) is 2.08. The van der Waals surface area contributed by atoms with Crippen molar-refractivity contribution in [3.8, 4) is 11.8 Å². The number of benzene rings is 1. The van der Waals surface area contributed by atoms with Crippen molar-refractivity contribution in [2.45, 2.75) is 18.6 Å². The maximum absolute atomic E-state index is 11.0. The zero-order valence-electron chi connectivity index (χ0n) is 9.91. The number of aliphatic hydroxyl groups is 1. The van der Waals surface area contributed by atoms with Crippen molar-refractivity contribution in [3.63, 3.8) is 0 Å². The Morgan fingerprint density at radius 3 is 2.78 bits per heavy atom. The Bertz CT molecular complexity index is 475. The van der Waals surface area contributed by atoms with Crippen LogP contribution in [0.15, 0.2) is 30.3 Å². The maximum atomic E-state index is 11.0. The number of nitrogens with zero attached hydrogens (tertiary/aromatic N) is 1. The van der Waals surface area contributed by atoms with E-state index in [-0.39, 0.29) is 6.42 Å². The molecule has 2 rings (SSSR count). The number of rotatable bonds is 2. The van der Waals surface area contributed by atoms with Gasteiger partial charge in [0.05, 0.1) is 12.6 Å². The van der Waals surface area contributed by atoms with Crippen molar-refractivity contribution in [2.24, 2.45) is 0 Å². The van der Waals surface area contributed by atoms with E-state index < -0.39 is 18.1 Å². The van der Waals surface area contributed by atoms with Gasteiger partial charge in [-0.3, -0.25) is 9.69 Å². The first-order valence-electron chi connectivity index (χ1n) is 5.85. The zero-order valence-corrected chi connectivity index (χ0v) is 9.91. The van der Waals surface area contributed by atoms with E-state index in [1.54, 1.807) is 4.90 Å². The molecule has 1 saturated heterocycles. The molecule has 2 atom stereocenters. The summed E-state index contributed by atoms with van der Waals surface area (Å²) in [4.78, 5) is 12.7. The molecule has 1 aromatic rings. The highest BCUT2D eigenvalue weighted by Gasteiger charge is 2.35. The first-order chi connectivity index (χ1) is 8.66. The van der Waals surface area contributed by atoms with E-state index in [0.29, 0.717) is 13.1 Å². The summed E-state index contributed by atoms with van der Waals surface area (Å²) in [5.41, 5.74) is 0.907. The van der Waals surface area contributed by atoms with Gasteiger partial charge in [-0.05, 0) is 12.1 Å². The quantitative estimate of drug-likeness (QED) is 0.747. The Morgan fingerprint density at radius 1 is 1.39 bits per heavy atom. The molecule has 0 bridgehead atoms. The van der Waals surface area contributed by atoms with Crippen LogP contribution in [0, 0.1) is 11.8 Å². The summed E-state index contributed by atoms with van der Waals surface area (Å²) in [6, 6.07) is 8.92. The second-order valence-electron chi connectivity index (χ2n) is 4.34. The summed E-state index contributed by atoms with van der Waals surface area (Å²) < 4.78 is 0. The van der Waals surface area contributed by atoms with Gasteiger partial charge in [-0.25, -0.2) is 0 Å². The maximum Gasteiger partial charge on any atom is 0.321 e. The van der Waals surface area contributed by atoms with Gasteiger partial charge < -0.3 is 10.2 Å². The molecule has 0 radical (unpaired) electrons. The van der Waals surface area contributed by atoms with Gasteiger partial charge in [0, 0.05) is 18.5 Å². The lowest BCUT2D eigenvalue weighted by Gasteiger charge is -2.17.